The van der Waals surface area contributed by atoms with Crippen LogP contribution in [-0.2, 0) is 60.8 Å². The molecular weight excluding hydrogens is 439 g/mol. The molecule has 12 nitrogen and oxygen atoms in total. The predicted octanol–water partition coefficient (Wildman–Crippen LogP) is -0.678. The molecule has 0 aromatic heterocycles. The minimum absolute atomic E-state index is 0.00655. The maximum atomic E-state index is 11.9. The number of esters is 1. The van der Waals surface area contributed by atoms with Gasteiger partial charge in [-0.1, -0.05) is 0 Å². The van der Waals surface area contributed by atoms with Gasteiger partial charge in [-0.15, -0.1) is 0 Å². The summed E-state index contributed by atoms with van der Waals surface area (Å²) >= 11 is -2.32. The molecule has 2 fully saturated rings. The Hall–Kier alpha value is -2.80. The van der Waals surface area contributed by atoms with Crippen LogP contribution in [0.3, 0.4) is 0 Å². The molecule has 0 unspecified atom stereocenters. The zero-order valence-corrected chi connectivity index (χ0v) is 16.2. The van der Waals surface area contributed by atoms with Crippen molar-refractivity contribution in [3.8, 4) is 0 Å². The Labute approximate surface area is 168 Å². The summed E-state index contributed by atoms with van der Waals surface area (Å²) in [7, 11) is 0. The number of rotatable bonds is 10. The summed E-state index contributed by atoms with van der Waals surface area (Å²) in [6.45, 7) is -0.623. The Bertz CT molecular complexity index is 761. The second-order valence-electron chi connectivity index (χ2n) is 5.97. The van der Waals surface area contributed by atoms with E-state index in [-0.39, 0.29) is 37.5 Å². The van der Waals surface area contributed by atoms with Crippen LogP contribution in [0.15, 0.2) is 0 Å². The molecule has 2 heterocycles. The van der Waals surface area contributed by atoms with Crippen molar-refractivity contribution >= 4 is 41.4 Å². The van der Waals surface area contributed by atoms with Crippen molar-refractivity contribution in [3.05, 3.63) is 0 Å². The van der Waals surface area contributed by atoms with Crippen LogP contribution in [0.25, 0.3) is 0 Å². The van der Waals surface area contributed by atoms with Gasteiger partial charge in [0.1, 0.15) is 0 Å². The fraction of sp³-hybridized carbons (Fsp3) is 0.562. The van der Waals surface area contributed by atoms with E-state index in [1.165, 1.54) is 0 Å². The van der Waals surface area contributed by atoms with E-state index in [1.807, 2.05) is 0 Å². The van der Waals surface area contributed by atoms with E-state index in [4.69, 9.17) is 0 Å². The average molecular weight is 457 g/mol. The molecule has 0 N–H and O–H groups in total. The molecule has 2 rings (SSSR count). The van der Waals surface area contributed by atoms with Gasteiger partial charge in [-0.3, -0.25) is 9.59 Å². The number of nitrogens with zero attached hydrogens (tertiary/aromatic N) is 2. The number of ketones is 1. The van der Waals surface area contributed by atoms with Gasteiger partial charge in [-0.2, -0.15) is 0 Å². The summed E-state index contributed by atoms with van der Waals surface area (Å²) in [5.41, 5.74) is 0. The van der Waals surface area contributed by atoms with Crippen molar-refractivity contribution in [2.24, 2.45) is 0 Å². The van der Waals surface area contributed by atoms with E-state index in [0.29, 0.717) is 9.01 Å². The van der Waals surface area contributed by atoms with Gasteiger partial charge in [0, 0.05) is 12.8 Å². The number of hydrogen-bond donors (Lipinski definition) is 0. The van der Waals surface area contributed by atoms with Crippen molar-refractivity contribution in [1.29, 1.82) is 0 Å². The molecule has 0 bridgehead atoms. The Morgan fingerprint density at radius 2 is 1.31 bits per heavy atom. The molecule has 0 spiro atoms. The molecule has 0 aliphatic carbocycles. The summed E-state index contributed by atoms with van der Waals surface area (Å²) in [5, 5.41) is 0.124. The van der Waals surface area contributed by atoms with Crippen LogP contribution in [0.5, 0.6) is 0 Å². The molecule has 2 aliphatic heterocycles. The molecule has 0 aromatic rings. The number of hydrogen-bond acceptors (Lipinski definition) is 10. The predicted molar refractivity (Wildman–Crippen MR) is 83.6 cm³/mol. The van der Waals surface area contributed by atoms with Crippen molar-refractivity contribution in [2.45, 2.75) is 50.3 Å². The number of carbonyl (C=O) groups excluding carboxylic acids is 7. The second kappa shape index (κ2) is 10.1. The maximum absolute atomic E-state index is 11.9. The van der Waals surface area contributed by atoms with Gasteiger partial charge in [0.15, 0.2) is 0 Å². The van der Waals surface area contributed by atoms with E-state index in [1.54, 1.807) is 0 Å². The first-order chi connectivity index (χ1) is 13.7. The van der Waals surface area contributed by atoms with Crippen LogP contribution in [0.2, 0.25) is 5.36 Å². The Morgan fingerprint density at radius 3 is 1.90 bits per heavy atom. The number of carbonyl (C=O) groups is 7. The minimum Gasteiger partial charge on any atom is -0.271 e. The summed E-state index contributed by atoms with van der Waals surface area (Å²) < 4.78 is 17.3. The Balaban J connectivity index is 1.62. The van der Waals surface area contributed by atoms with E-state index < -0.39 is 74.6 Å². The third kappa shape index (κ3) is 6.35. The Morgan fingerprint density at radius 1 is 0.793 bits per heavy atom. The molecule has 2 aliphatic rings. The van der Waals surface area contributed by atoms with Gasteiger partial charge < -0.3 is 0 Å². The fourth-order valence-corrected chi connectivity index (χ4v) is 3.84. The SMILES string of the molecule is O=C(C[CH2][Co](=[O])[N]1C(=O)CCC1=O)COC(=O)CCC(=O)ON1C(=O)CCC1=O. The first kappa shape index (κ1) is 22.5. The number of imide groups is 2. The van der Waals surface area contributed by atoms with Crippen LogP contribution in [0.1, 0.15) is 44.9 Å². The van der Waals surface area contributed by atoms with Crippen molar-refractivity contribution in [3.63, 3.8) is 0 Å². The van der Waals surface area contributed by atoms with E-state index in [2.05, 4.69) is 9.57 Å². The van der Waals surface area contributed by atoms with Crippen LogP contribution in [0.4, 0.5) is 0 Å². The standard InChI is InChI=1S/C12H14NO7.C4H5NO2.Co.O/c1-2-8(14)7-19-11(17)5-6-12(18)20-13-9(15)3-4-10(13)16;6-3-1-2-4(7)5-3;;/h1-7H2;1-2H2,(H,5,6,7);;/q;;+1;/p-1. The average Bonchev–Trinajstić information content (AvgIpc) is 3.18. The molecule has 161 valence electrons. The van der Waals surface area contributed by atoms with Crippen LogP contribution < -0.4 is 0 Å². The van der Waals surface area contributed by atoms with Crippen LogP contribution >= 0.6 is 0 Å². The molecule has 13 heteroatoms. The third-order valence-electron chi connectivity index (χ3n) is 3.77. The molecule has 4 amide bonds. The Kier molecular flexibility index (Phi) is 7.84. The first-order valence-electron chi connectivity index (χ1n) is 8.55. The summed E-state index contributed by atoms with van der Waals surface area (Å²) in [6, 6.07) is 0. The molecular formula is C16H18CoN2O10. The summed E-state index contributed by atoms with van der Waals surface area (Å²) in [6.07, 6.45) is -1.29. The van der Waals surface area contributed by atoms with Crippen molar-refractivity contribution < 1.29 is 60.8 Å². The first-order valence-corrected chi connectivity index (χ1v) is 10.2. The number of Topliss-reactive ketones (excluding diaryl/α,β-unsaturated/α-hetero) is 1. The quantitative estimate of drug-likeness (QED) is 0.304. The normalized spacial score (nSPS) is 17.0. The molecule has 0 atom stereocenters. The smallest absolute Gasteiger partial charge is 0.271 e. The number of ether oxygens (including phenoxy) is 1. The van der Waals surface area contributed by atoms with E-state index in [0.717, 1.165) is 0 Å². The summed E-state index contributed by atoms with van der Waals surface area (Å²) in [5.74, 6) is -4.82. The minimum atomic E-state index is -2.32. The number of amides is 4. The van der Waals surface area contributed by atoms with Crippen LogP contribution in [-0.4, -0.2) is 57.0 Å². The monoisotopic (exact) mass is 457 g/mol. The molecule has 0 aromatic carbocycles. The molecule has 2 saturated heterocycles. The zero-order chi connectivity index (χ0) is 21.6. The molecule has 0 radical (unpaired) electrons. The van der Waals surface area contributed by atoms with Gasteiger partial charge in [0.05, 0.1) is 0 Å². The molecule has 29 heavy (non-hydrogen) atoms. The van der Waals surface area contributed by atoms with Crippen LogP contribution in [0, 0.1) is 0 Å². The van der Waals surface area contributed by atoms with Gasteiger partial charge in [-0.05, 0) is 0 Å². The van der Waals surface area contributed by atoms with E-state index in [9.17, 15) is 37.4 Å². The van der Waals surface area contributed by atoms with Gasteiger partial charge in [0.2, 0.25) is 0 Å². The molecule has 0 saturated carbocycles. The fourth-order valence-electron chi connectivity index (χ4n) is 2.28. The second-order valence-corrected chi connectivity index (χ2v) is 7.78. The summed E-state index contributed by atoms with van der Waals surface area (Å²) in [4.78, 5) is 84.9. The van der Waals surface area contributed by atoms with E-state index >= 15 is 0 Å². The van der Waals surface area contributed by atoms with Gasteiger partial charge >= 0.3 is 146 Å². The number of hydroxylamine groups is 2. The van der Waals surface area contributed by atoms with Gasteiger partial charge in [0.25, 0.3) is 0 Å². The third-order valence-corrected chi connectivity index (χ3v) is 5.51. The topological polar surface area (TPSA) is 162 Å². The van der Waals surface area contributed by atoms with Gasteiger partial charge in [-0.25, -0.2) is 0 Å². The van der Waals surface area contributed by atoms with Crippen molar-refractivity contribution in [1.82, 2.24) is 9.01 Å². The van der Waals surface area contributed by atoms with Crippen molar-refractivity contribution in [2.75, 3.05) is 6.61 Å². The zero-order valence-electron chi connectivity index (χ0n) is 15.2.